The third-order valence-corrected chi connectivity index (χ3v) is 3.54. The lowest BCUT2D eigenvalue weighted by Gasteiger charge is -2.10. The van der Waals surface area contributed by atoms with Crippen molar-refractivity contribution in [3.63, 3.8) is 0 Å². The number of esters is 1. The van der Waals surface area contributed by atoms with Crippen molar-refractivity contribution in [1.29, 1.82) is 0 Å². The standard InChI is InChI=1S/C18H21NO3/c1-4-22-18(21)16-15(8-9-19-17(16)20)11-13-6-5-7-14(10-13)12(2)3/h5-10,12H,4,11H2,1-3H3,(H,19,20). The number of H-pyrrole nitrogens is 1. The molecule has 0 aliphatic rings. The van der Waals surface area contributed by atoms with Gasteiger partial charge < -0.3 is 9.72 Å². The maximum absolute atomic E-state index is 12.0. The first kappa shape index (κ1) is 16.0. The van der Waals surface area contributed by atoms with Crippen molar-refractivity contribution < 1.29 is 9.53 Å². The van der Waals surface area contributed by atoms with Gasteiger partial charge in [-0.15, -0.1) is 0 Å². The molecule has 0 unspecified atom stereocenters. The van der Waals surface area contributed by atoms with Crippen molar-refractivity contribution >= 4 is 5.97 Å². The third kappa shape index (κ3) is 3.64. The fourth-order valence-corrected chi connectivity index (χ4v) is 2.38. The van der Waals surface area contributed by atoms with Gasteiger partial charge in [0.2, 0.25) is 0 Å². The van der Waals surface area contributed by atoms with Gasteiger partial charge in [0, 0.05) is 6.20 Å². The quantitative estimate of drug-likeness (QED) is 0.862. The maximum atomic E-state index is 12.0. The minimum atomic E-state index is -0.570. The summed E-state index contributed by atoms with van der Waals surface area (Å²) in [5, 5.41) is 0. The first-order valence-corrected chi connectivity index (χ1v) is 7.49. The van der Waals surface area contributed by atoms with E-state index in [1.807, 2.05) is 12.1 Å². The predicted molar refractivity (Wildman–Crippen MR) is 86.4 cm³/mol. The molecule has 0 spiro atoms. The highest BCUT2D eigenvalue weighted by atomic mass is 16.5. The number of carbonyl (C=O) groups is 1. The zero-order chi connectivity index (χ0) is 16.1. The SMILES string of the molecule is CCOC(=O)c1c(Cc2cccc(C(C)C)c2)cc[nH]c1=O. The highest BCUT2D eigenvalue weighted by Crippen LogP contribution is 2.18. The number of pyridine rings is 1. The molecule has 0 atom stereocenters. The van der Waals surface area contributed by atoms with Crippen LogP contribution in [0.4, 0.5) is 0 Å². The van der Waals surface area contributed by atoms with E-state index in [0.29, 0.717) is 17.9 Å². The van der Waals surface area contributed by atoms with Crippen LogP contribution in [-0.4, -0.2) is 17.6 Å². The van der Waals surface area contributed by atoms with E-state index in [2.05, 4.69) is 31.0 Å². The van der Waals surface area contributed by atoms with Crippen LogP contribution in [0, 0.1) is 0 Å². The average molecular weight is 299 g/mol. The zero-order valence-electron chi connectivity index (χ0n) is 13.2. The molecule has 0 saturated heterocycles. The first-order valence-electron chi connectivity index (χ1n) is 7.49. The van der Waals surface area contributed by atoms with Crippen LogP contribution < -0.4 is 5.56 Å². The number of carbonyl (C=O) groups excluding carboxylic acids is 1. The molecule has 4 heteroatoms. The Morgan fingerprint density at radius 3 is 2.73 bits per heavy atom. The second-order valence-corrected chi connectivity index (χ2v) is 5.50. The predicted octanol–water partition coefficient (Wildman–Crippen LogP) is 3.27. The average Bonchev–Trinajstić information content (AvgIpc) is 2.47. The Morgan fingerprint density at radius 2 is 2.05 bits per heavy atom. The molecule has 0 fully saturated rings. The summed E-state index contributed by atoms with van der Waals surface area (Å²) < 4.78 is 4.99. The highest BCUT2D eigenvalue weighted by Gasteiger charge is 2.17. The number of hydrogen-bond donors (Lipinski definition) is 1. The third-order valence-electron chi connectivity index (χ3n) is 3.54. The topological polar surface area (TPSA) is 59.2 Å². The number of nitrogens with one attached hydrogen (secondary N) is 1. The van der Waals surface area contributed by atoms with Gasteiger partial charge in [-0.1, -0.05) is 38.1 Å². The molecule has 1 aromatic heterocycles. The van der Waals surface area contributed by atoms with Crippen molar-refractivity contribution in [1.82, 2.24) is 4.98 Å². The van der Waals surface area contributed by atoms with Crippen molar-refractivity contribution in [2.45, 2.75) is 33.1 Å². The van der Waals surface area contributed by atoms with Crippen LogP contribution in [0.1, 0.15) is 53.7 Å². The summed E-state index contributed by atoms with van der Waals surface area (Å²) in [6.45, 7) is 6.24. The molecule has 2 rings (SSSR count). The Hall–Kier alpha value is -2.36. The summed E-state index contributed by atoms with van der Waals surface area (Å²) in [4.78, 5) is 26.5. The second-order valence-electron chi connectivity index (χ2n) is 5.50. The van der Waals surface area contributed by atoms with Crippen molar-refractivity contribution in [3.8, 4) is 0 Å². The zero-order valence-corrected chi connectivity index (χ0v) is 13.2. The van der Waals surface area contributed by atoms with E-state index >= 15 is 0 Å². The lowest BCUT2D eigenvalue weighted by molar-refractivity contribution is 0.0523. The van der Waals surface area contributed by atoms with Crippen LogP contribution in [-0.2, 0) is 11.2 Å². The smallest absolute Gasteiger partial charge is 0.344 e. The van der Waals surface area contributed by atoms with Gasteiger partial charge in [-0.05, 0) is 42.0 Å². The summed E-state index contributed by atoms with van der Waals surface area (Å²) in [6.07, 6.45) is 2.09. The van der Waals surface area contributed by atoms with Gasteiger partial charge in [-0.2, -0.15) is 0 Å². The molecule has 0 radical (unpaired) electrons. The van der Waals surface area contributed by atoms with Crippen molar-refractivity contribution in [2.75, 3.05) is 6.61 Å². The first-order chi connectivity index (χ1) is 10.5. The summed E-state index contributed by atoms with van der Waals surface area (Å²) >= 11 is 0. The van der Waals surface area contributed by atoms with Gasteiger partial charge in [-0.25, -0.2) is 4.79 Å². The van der Waals surface area contributed by atoms with Gasteiger partial charge >= 0.3 is 5.97 Å². The molecule has 4 nitrogen and oxygen atoms in total. The van der Waals surface area contributed by atoms with E-state index < -0.39 is 11.5 Å². The molecule has 22 heavy (non-hydrogen) atoms. The summed E-state index contributed by atoms with van der Waals surface area (Å²) in [5.74, 6) is -0.136. The minimum Gasteiger partial charge on any atom is -0.462 e. The number of benzene rings is 1. The van der Waals surface area contributed by atoms with Crippen LogP contribution in [0.5, 0.6) is 0 Å². The van der Waals surface area contributed by atoms with Crippen molar-refractivity contribution in [3.05, 3.63) is 69.1 Å². The van der Waals surface area contributed by atoms with Gasteiger partial charge in [0.15, 0.2) is 0 Å². The number of aromatic nitrogens is 1. The van der Waals surface area contributed by atoms with E-state index in [-0.39, 0.29) is 12.2 Å². The number of aromatic amines is 1. The lowest BCUT2D eigenvalue weighted by atomic mass is 9.96. The molecular formula is C18H21NO3. The van der Waals surface area contributed by atoms with Gasteiger partial charge in [0.05, 0.1) is 6.61 Å². The fourth-order valence-electron chi connectivity index (χ4n) is 2.38. The Kier molecular flexibility index (Phi) is 5.15. The fraction of sp³-hybridized carbons (Fsp3) is 0.333. The monoisotopic (exact) mass is 299 g/mol. The van der Waals surface area contributed by atoms with Gasteiger partial charge in [0.1, 0.15) is 5.56 Å². The van der Waals surface area contributed by atoms with Crippen molar-refractivity contribution in [2.24, 2.45) is 0 Å². The summed E-state index contributed by atoms with van der Waals surface area (Å²) in [7, 11) is 0. The molecule has 1 heterocycles. The van der Waals surface area contributed by atoms with Gasteiger partial charge in [0.25, 0.3) is 5.56 Å². The van der Waals surface area contributed by atoms with Crippen LogP contribution in [0.3, 0.4) is 0 Å². The van der Waals surface area contributed by atoms with E-state index in [0.717, 1.165) is 5.56 Å². The molecule has 1 aromatic carbocycles. The molecule has 0 aliphatic carbocycles. The lowest BCUT2D eigenvalue weighted by Crippen LogP contribution is -2.22. The molecule has 0 saturated carbocycles. The normalized spacial score (nSPS) is 10.7. The number of rotatable bonds is 5. The second kappa shape index (κ2) is 7.07. The largest absolute Gasteiger partial charge is 0.462 e. The Morgan fingerprint density at radius 1 is 1.27 bits per heavy atom. The molecule has 2 aromatic rings. The number of hydrogen-bond acceptors (Lipinski definition) is 3. The molecular weight excluding hydrogens is 278 g/mol. The number of ether oxygens (including phenoxy) is 1. The van der Waals surface area contributed by atoms with Crippen LogP contribution in [0.15, 0.2) is 41.3 Å². The summed E-state index contributed by atoms with van der Waals surface area (Å²) in [5.41, 5.74) is 2.68. The Bertz CT molecular complexity index is 716. The molecule has 0 aliphatic heterocycles. The molecule has 116 valence electrons. The van der Waals surface area contributed by atoms with E-state index in [1.54, 1.807) is 19.2 Å². The minimum absolute atomic E-state index is 0.0966. The Labute approximate surface area is 130 Å². The van der Waals surface area contributed by atoms with E-state index in [9.17, 15) is 9.59 Å². The van der Waals surface area contributed by atoms with E-state index in [4.69, 9.17) is 4.74 Å². The molecule has 0 amide bonds. The summed E-state index contributed by atoms with van der Waals surface area (Å²) in [6, 6.07) is 9.96. The molecule has 0 bridgehead atoms. The maximum Gasteiger partial charge on any atom is 0.344 e. The molecule has 1 N–H and O–H groups in total. The van der Waals surface area contributed by atoms with Crippen LogP contribution in [0.25, 0.3) is 0 Å². The van der Waals surface area contributed by atoms with Crippen LogP contribution >= 0.6 is 0 Å². The van der Waals surface area contributed by atoms with Gasteiger partial charge in [-0.3, -0.25) is 4.79 Å². The van der Waals surface area contributed by atoms with Crippen LogP contribution in [0.2, 0.25) is 0 Å². The van der Waals surface area contributed by atoms with E-state index in [1.165, 1.54) is 5.56 Å². The Balaban J connectivity index is 2.38. The highest BCUT2D eigenvalue weighted by molar-refractivity contribution is 5.90.